The molecule has 0 N–H and O–H groups in total. The Balaban J connectivity index is 1.53. The van der Waals surface area contributed by atoms with Gasteiger partial charge in [0.25, 0.3) is 5.91 Å². The van der Waals surface area contributed by atoms with Crippen LogP contribution in [0.3, 0.4) is 0 Å². The lowest BCUT2D eigenvalue weighted by molar-refractivity contribution is -0.124. The molecule has 2 aromatic rings. The van der Waals surface area contributed by atoms with E-state index >= 15 is 0 Å². The van der Waals surface area contributed by atoms with E-state index < -0.39 is 6.04 Å². The molecule has 1 fully saturated rings. The molecule has 0 radical (unpaired) electrons. The molecular weight excluding hydrogens is 339 g/mol. The number of nitrogens with zero attached hydrogens (tertiary/aromatic N) is 2. The average molecular weight is 356 g/mol. The van der Waals surface area contributed by atoms with Crippen molar-refractivity contribution in [3.63, 3.8) is 0 Å². The van der Waals surface area contributed by atoms with Crippen LogP contribution in [0, 0.1) is 5.82 Å². The molecule has 1 saturated heterocycles. The first-order valence-electron chi connectivity index (χ1n) is 8.32. The Morgan fingerprint density at radius 1 is 1.08 bits per heavy atom. The minimum atomic E-state index is -0.619. The predicted octanol–water partition coefficient (Wildman–Crippen LogP) is 2.43. The van der Waals surface area contributed by atoms with Crippen LogP contribution in [-0.2, 0) is 4.79 Å². The number of hydrogen-bond donors (Lipinski definition) is 0. The maximum absolute atomic E-state index is 13.1. The van der Waals surface area contributed by atoms with Crippen molar-refractivity contribution >= 4 is 17.5 Å². The van der Waals surface area contributed by atoms with E-state index in [4.69, 9.17) is 9.47 Å². The summed E-state index contributed by atoms with van der Waals surface area (Å²) in [6.07, 6.45) is 0. The molecule has 26 heavy (non-hydrogen) atoms. The van der Waals surface area contributed by atoms with Crippen molar-refractivity contribution in [1.29, 1.82) is 0 Å². The molecule has 2 aliphatic heterocycles. The van der Waals surface area contributed by atoms with Gasteiger partial charge in [-0.15, -0.1) is 0 Å². The normalized spacial score (nSPS) is 19.0. The Labute approximate surface area is 149 Å². The summed E-state index contributed by atoms with van der Waals surface area (Å²) >= 11 is 0. The molecule has 0 aromatic heterocycles. The number of benzene rings is 2. The Hall–Kier alpha value is -3.09. The second kappa shape index (κ2) is 6.33. The third-order valence-corrected chi connectivity index (χ3v) is 4.67. The molecule has 7 heteroatoms. The molecular formula is C19H17FN2O4. The molecule has 0 spiro atoms. The first-order chi connectivity index (χ1) is 12.5. The Morgan fingerprint density at radius 3 is 2.58 bits per heavy atom. The summed E-state index contributed by atoms with van der Waals surface area (Å²) in [7, 11) is 0. The van der Waals surface area contributed by atoms with E-state index in [-0.39, 0.29) is 24.4 Å². The molecule has 134 valence electrons. The highest BCUT2D eigenvalue weighted by Gasteiger charge is 2.35. The number of piperazine rings is 1. The van der Waals surface area contributed by atoms with Gasteiger partial charge >= 0.3 is 0 Å². The SMILES string of the molecule is CC1C(=O)N(c2ccc(F)cc2)CCN1C(=O)c1ccc2c(c1)OCO2. The summed E-state index contributed by atoms with van der Waals surface area (Å²) in [5.41, 5.74) is 1.07. The Morgan fingerprint density at radius 2 is 1.81 bits per heavy atom. The highest BCUT2D eigenvalue weighted by molar-refractivity contribution is 6.03. The van der Waals surface area contributed by atoms with Crippen LogP contribution < -0.4 is 14.4 Å². The fourth-order valence-electron chi connectivity index (χ4n) is 3.22. The fourth-order valence-corrected chi connectivity index (χ4v) is 3.22. The van der Waals surface area contributed by atoms with Gasteiger partial charge in [0.2, 0.25) is 12.7 Å². The lowest BCUT2D eigenvalue weighted by Gasteiger charge is -2.39. The zero-order valence-corrected chi connectivity index (χ0v) is 14.1. The number of amides is 2. The number of rotatable bonds is 2. The van der Waals surface area contributed by atoms with Gasteiger partial charge in [0.05, 0.1) is 0 Å². The van der Waals surface area contributed by atoms with E-state index in [0.717, 1.165) is 0 Å². The molecule has 1 atom stereocenters. The fraction of sp³-hybridized carbons (Fsp3) is 0.263. The number of hydrogen-bond acceptors (Lipinski definition) is 4. The van der Waals surface area contributed by atoms with Gasteiger partial charge in [0.15, 0.2) is 11.5 Å². The molecule has 2 amide bonds. The van der Waals surface area contributed by atoms with Crippen molar-refractivity contribution in [1.82, 2.24) is 4.90 Å². The summed E-state index contributed by atoms with van der Waals surface area (Å²) in [5, 5.41) is 0. The van der Waals surface area contributed by atoms with Crippen LogP contribution in [0.5, 0.6) is 11.5 Å². The van der Waals surface area contributed by atoms with Gasteiger partial charge in [0.1, 0.15) is 11.9 Å². The Kier molecular flexibility index (Phi) is 3.99. The number of ether oxygens (including phenoxy) is 2. The van der Waals surface area contributed by atoms with Crippen molar-refractivity contribution in [2.24, 2.45) is 0 Å². The van der Waals surface area contributed by atoms with E-state index in [1.165, 1.54) is 12.1 Å². The summed E-state index contributed by atoms with van der Waals surface area (Å²) in [4.78, 5) is 28.7. The van der Waals surface area contributed by atoms with Crippen LogP contribution in [0.4, 0.5) is 10.1 Å². The first-order valence-corrected chi connectivity index (χ1v) is 8.32. The van der Waals surface area contributed by atoms with Gasteiger partial charge in [-0.1, -0.05) is 0 Å². The number of fused-ring (bicyclic) bond motifs is 1. The van der Waals surface area contributed by atoms with Crippen LogP contribution in [0.2, 0.25) is 0 Å². The van der Waals surface area contributed by atoms with E-state index in [9.17, 15) is 14.0 Å². The third kappa shape index (κ3) is 2.75. The van der Waals surface area contributed by atoms with Crippen LogP contribution in [0.15, 0.2) is 42.5 Å². The third-order valence-electron chi connectivity index (χ3n) is 4.67. The van der Waals surface area contributed by atoms with Crippen molar-refractivity contribution in [3.05, 3.63) is 53.8 Å². The van der Waals surface area contributed by atoms with Crippen LogP contribution >= 0.6 is 0 Å². The van der Waals surface area contributed by atoms with Gasteiger partial charge in [0, 0.05) is 24.3 Å². The number of anilines is 1. The van der Waals surface area contributed by atoms with Crippen LogP contribution in [-0.4, -0.2) is 42.6 Å². The van der Waals surface area contributed by atoms with E-state index in [2.05, 4.69) is 0 Å². The minimum absolute atomic E-state index is 0.137. The van der Waals surface area contributed by atoms with Crippen molar-refractivity contribution in [2.45, 2.75) is 13.0 Å². The second-order valence-electron chi connectivity index (χ2n) is 6.21. The Bertz CT molecular complexity index is 868. The highest BCUT2D eigenvalue weighted by Crippen LogP contribution is 2.33. The zero-order chi connectivity index (χ0) is 18.3. The average Bonchev–Trinajstić information content (AvgIpc) is 3.12. The molecule has 2 heterocycles. The summed E-state index contributed by atoms with van der Waals surface area (Å²) in [6.45, 7) is 2.57. The standard InChI is InChI=1S/C19H17FN2O4/c1-12-18(23)22(15-5-3-14(20)4-6-15)9-8-21(12)19(24)13-2-7-16-17(10-13)26-11-25-16/h2-7,10,12H,8-9,11H2,1H3. The molecule has 6 nitrogen and oxygen atoms in total. The van der Waals surface area contributed by atoms with Gasteiger partial charge < -0.3 is 19.3 Å². The topological polar surface area (TPSA) is 59.1 Å². The highest BCUT2D eigenvalue weighted by atomic mass is 19.1. The summed E-state index contributed by atoms with van der Waals surface area (Å²) in [5.74, 6) is 0.345. The van der Waals surface area contributed by atoms with Crippen molar-refractivity contribution in [3.8, 4) is 11.5 Å². The molecule has 1 unspecified atom stereocenters. The van der Waals surface area contributed by atoms with Crippen molar-refractivity contribution < 1.29 is 23.5 Å². The van der Waals surface area contributed by atoms with E-state index in [0.29, 0.717) is 35.8 Å². The lowest BCUT2D eigenvalue weighted by atomic mass is 10.1. The predicted molar refractivity (Wildman–Crippen MR) is 91.8 cm³/mol. The zero-order valence-electron chi connectivity index (χ0n) is 14.1. The lowest BCUT2D eigenvalue weighted by Crippen LogP contribution is -2.57. The molecule has 0 aliphatic carbocycles. The number of carbonyl (C=O) groups excluding carboxylic acids is 2. The second-order valence-corrected chi connectivity index (χ2v) is 6.21. The summed E-state index contributed by atoms with van der Waals surface area (Å²) in [6, 6.07) is 10.1. The molecule has 0 saturated carbocycles. The molecule has 0 bridgehead atoms. The van der Waals surface area contributed by atoms with Crippen molar-refractivity contribution in [2.75, 3.05) is 24.8 Å². The molecule has 4 rings (SSSR count). The minimum Gasteiger partial charge on any atom is -0.454 e. The molecule has 2 aliphatic rings. The van der Waals surface area contributed by atoms with E-state index in [1.54, 1.807) is 47.1 Å². The van der Waals surface area contributed by atoms with Crippen LogP contribution in [0.25, 0.3) is 0 Å². The summed E-state index contributed by atoms with van der Waals surface area (Å²) < 4.78 is 23.7. The van der Waals surface area contributed by atoms with E-state index in [1.807, 2.05) is 0 Å². The quantitative estimate of drug-likeness (QED) is 0.829. The monoisotopic (exact) mass is 356 g/mol. The maximum atomic E-state index is 13.1. The molecule has 2 aromatic carbocycles. The maximum Gasteiger partial charge on any atom is 0.254 e. The van der Waals surface area contributed by atoms with Gasteiger partial charge in [-0.3, -0.25) is 9.59 Å². The van der Waals surface area contributed by atoms with Gasteiger partial charge in [-0.2, -0.15) is 0 Å². The van der Waals surface area contributed by atoms with Gasteiger partial charge in [-0.05, 0) is 49.4 Å². The van der Waals surface area contributed by atoms with Gasteiger partial charge in [-0.25, -0.2) is 4.39 Å². The smallest absolute Gasteiger partial charge is 0.254 e. The first kappa shape index (κ1) is 16.4. The number of carbonyl (C=O) groups is 2. The van der Waals surface area contributed by atoms with Crippen LogP contribution in [0.1, 0.15) is 17.3 Å². The number of halogens is 1. The largest absolute Gasteiger partial charge is 0.454 e.